The van der Waals surface area contributed by atoms with Crippen LogP contribution in [0.15, 0.2) is 34.9 Å². The standard InChI is InChI=1S/C13H11ClN2O4/c1-7(13(18)19)15-12(17)10-6-11(20-16-10)8-2-4-9(14)5-3-8/h2-7H,1H3,(H,15,17)(H,18,19)/t7-/m0/s1. The van der Waals surface area contributed by atoms with Gasteiger partial charge < -0.3 is 14.9 Å². The van der Waals surface area contributed by atoms with Crippen LogP contribution < -0.4 is 5.32 Å². The average Bonchev–Trinajstić information content (AvgIpc) is 2.89. The van der Waals surface area contributed by atoms with Crippen LogP contribution >= 0.6 is 11.6 Å². The molecule has 2 aromatic rings. The topological polar surface area (TPSA) is 92.4 Å². The van der Waals surface area contributed by atoms with Crippen LogP contribution in [0.4, 0.5) is 0 Å². The van der Waals surface area contributed by atoms with Gasteiger partial charge in [0.15, 0.2) is 11.5 Å². The second kappa shape index (κ2) is 5.75. The number of halogens is 1. The number of hydrogen-bond acceptors (Lipinski definition) is 4. The van der Waals surface area contributed by atoms with Gasteiger partial charge in [-0.1, -0.05) is 16.8 Å². The maximum Gasteiger partial charge on any atom is 0.325 e. The number of carbonyl (C=O) groups is 2. The van der Waals surface area contributed by atoms with Gasteiger partial charge in [-0.15, -0.1) is 0 Å². The lowest BCUT2D eigenvalue weighted by Gasteiger charge is -2.06. The van der Waals surface area contributed by atoms with Crippen molar-refractivity contribution < 1.29 is 19.2 Å². The summed E-state index contributed by atoms with van der Waals surface area (Å²) < 4.78 is 5.05. The third kappa shape index (κ3) is 3.16. The molecule has 2 N–H and O–H groups in total. The number of carboxylic acids is 1. The first-order valence-corrected chi connectivity index (χ1v) is 6.11. The Morgan fingerprint density at radius 2 is 2.00 bits per heavy atom. The van der Waals surface area contributed by atoms with E-state index in [-0.39, 0.29) is 5.69 Å². The Morgan fingerprint density at radius 3 is 2.60 bits per heavy atom. The molecule has 0 radical (unpaired) electrons. The van der Waals surface area contributed by atoms with Crippen LogP contribution in [0, 0.1) is 0 Å². The van der Waals surface area contributed by atoms with E-state index in [1.165, 1.54) is 13.0 Å². The monoisotopic (exact) mass is 294 g/mol. The Kier molecular flexibility index (Phi) is 4.05. The van der Waals surface area contributed by atoms with E-state index < -0.39 is 17.9 Å². The summed E-state index contributed by atoms with van der Waals surface area (Å²) in [5.41, 5.74) is 0.732. The fraction of sp³-hybridized carbons (Fsp3) is 0.154. The molecule has 6 nitrogen and oxygen atoms in total. The maximum absolute atomic E-state index is 11.7. The highest BCUT2D eigenvalue weighted by Gasteiger charge is 2.18. The van der Waals surface area contributed by atoms with Crippen LogP contribution in [0.3, 0.4) is 0 Å². The molecule has 0 aliphatic rings. The smallest absolute Gasteiger partial charge is 0.325 e. The number of carbonyl (C=O) groups excluding carboxylic acids is 1. The largest absolute Gasteiger partial charge is 0.480 e. The number of hydrogen-bond donors (Lipinski definition) is 2. The summed E-state index contributed by atoms with van der Waals surface area (Å²) in [6.45, 7) is 1.36. The average molecular weight is 295 g/mol. The summed E-state index contributed by atoms with van der Waals surface area (Å²) in [7, 11) is 0. The Morgan fingerprint density at radius 1 is 1.35 bits per heavy atom. The van der Waals surface area contributed by atoms with Crippen molar-refractivity contribution in [2.45, 2.75) is 13.0 Å². The Hall–Kier alpha value is -2.34. The lowest BCUT2D eigenvalue weighted by atomic mass is 10.1. The number of carboxylic acid groups (broad SMARTS) is 1. The molecule has 0 spiro atoms. The maximum atomic E-state index is 11.7. The van der Waals surface area contributed by atoms with Crippen molar-refractivity contribution in [2.24, 2.45) is 0 Å². The van der Waals surface area contributed by atoms with Crippen molar-refractivity contribution in [3.05, 3.63) is 41.0 Å². The molecular formula is C13H11ClN2O4. The summed E-state index contributed by atoms with van der Waals surface area (Å²) in [6.07, 6.45) is 0. The van der Waals surface area contributed by atoms with E-state index in [9.17, 15) is 9.59 Å². The Bertz CT molecular complexity index is 636. The molecule has 0 fully saturated rings. The van der Waals surface area contributed by atoms with Gasteiger partial charge in [0.05, 0.1) is 0 Å². The summed E-state index contributed by atoms with van der Waals surface area (Å²) in [6, 6.07) is 7.26. The molecule has 0 saturated heterocycles. The summed E-state index contributed by atoms with van der Waals surface area (Å²) in [4.78, 5) is 22.4. The highest BCUT2D eigenvalue weighted by molar-refractivity contribution is 6.30. The number of rotatable bonds is 4. The second-order valence-electron chi connectivity index (χ2n) is 4.12. The molecule has 0 aliphatic carbocycles. The van der Waals surface area contributed by atoms with E-state index in [2.05, 4.69) is 10.5 Å². The quantitative estimate of drug-likeness (QED) is 0.902. The number of aromatic nitrogens is 1. The molecule has 7 heteroatoms. The fourth-order valence-electron chi connectivity index (χ4n) is 1.46. The zero-order valence-electron chi connectivity index (χ0n) is 10.5. The van der Waals surface area contributed by atoms with E-state index >= 15 is 0 Å². The van der Waals surface area contributed by atoms with E-state index in [1.807, 2.05) is 0 Å². The number of nitrogens with one attached hydrogen (secondary N) is 1. The highest BCUT2D eigenvalue weighted by atomic mass is 35.5. The predicted octanol–water partition coefficient (Wildman–Crippen LogP) is 2.20. The van der Waals surface area contributed by atoms with E-state index in [4.69, 9.17) is 21.2 Å². The SMILES string of the molecule is C[C@H](NC(=O)c1cc(-c2ccc(Cl)cc2)on1)C(=O)O. The van der Waals surface area contributed by atoms with Gasteiger partial charge in [-0.25, -0.2) is 0 Å². The zero-order valence-corrected chi connectivity index (χ0v) is 11.2. The number of benzene rings is 1. The first-order valence-electron chi connectivity index (χ1n) is 5.73. The second-order valence-corrected chi connectivity index (χ2v) is 4.55. The normalized spacial score (nSPS) is 11.9. The molecule has 0 bridgehead atoms. The van der Waals surface area contributed by atoms with Crippen LogP contribution in [-0.4, -0.2) is 28.2 Å². The summed E-state index contributed by atoms with van der Waals surface area (Å²) >= 11 is 5.78. The van der Waals surface area contributed by atoms with Crippen LogP contribution in [0.2, 0.25) is 5.02 Å². The molecule has 0 aliphatic heterocycles. The van der Waals surface area contributed by atoms with Gasteiger partial charge in [0.2, 0.25) is 0 Å². The van der Waals surface area contributed by atoms with Crippen LogP contribution in [0.1, 0.15) is 17.4 Å². The lowest BCUT2D eigenvalue weighted by molar-refractivity contribution is -0.138. The van der Waals surface area contributed by atoms with Crippen molar-refractivity contribution in [2.75, 3.05) is 0 Å². The molecule has 0 unspecified atom stereocenters. The number of aliphatic carboxylic acids is 1. The van der Waals surface area contributed by atoms with Crippen molar-refractivity contribution in [1.82, 2.24) is 10.5 Å². The molecule has 1 aromatic carbocycles. The Balaban J connectivity index is 2.14. The van der Waals surface area contributed by atoms with Crippen molar-refractivity contribution >= 4 is 23.5 Å². The zero-order chi connectivity index (χ0) is 14.7. The first-order chi connectivity index (χ1) is 9.47. The van der Waals surface area contributed by atoms with Crippen molar-refractivity contribution in [3.63, 3.8) is 0 Å². The van der Waals surface area contributed by atoms with Crippen molar-refractivity contribution in [3.8, 4) is 11.3 Å². The highest BCUT2D eigenvalue weighted by Crippen LogP contribution is 2.22. The number of nitrogens with zero attached hydrogens (tertiary/aromatic N) is 1. The van der Waals surface area contributed by atoms with Gasteiger partial charge in [0.25, 0.3) is 5.91 Å². The third-order valence-corrected chi connectivity index (χ3v) is 2.84. The van der Waals surface area contributed by atoms with Gasteiger partial charge in [-0.05, 0) is 31.2 Å². The van der Waals surface area contributed by atoms with E-state index in [0.29, 0.717) is 16.3 Å². The Labute approximate surface area is 119 Å². The molecule has 1 atom stereocenters. The third-order valence-electron chi connectivity index (χ3n) is 2.59. The molecule has 2 rings (SSSR count). The van der Waals surface area contributed by atoms with Crippen LogP contribution in [-0.2, 0) is 4.79 Å². The minimum atomic E-state index is -1.13. The van der Waals surface area contributed by atoms with E-state index in [1.54, 1.807) is 24.3 Å². The predicted molar refractivity (Wildman–Crippen MR) is 71.5 cm³/mol. The minimum Gasteiger partial charge on any atom is -0.480 e. The van der Waals surface area contributed by atoms with Crippen LogP contribution in [0.5, 0.6) is 0 Å². The van der Waals surface area contributed by atoms with Gasteiger partial charge >= 0.3 is 5.97 Å². The van der Waals surface area contributed by atoms with E-state index in [0.717, 1.165) is 0 Å². The lowest BCUT2D eigenvalue weighted by Crippen LogP contribution is -2.38. The summed E-state index contributed by atoms with van der Waals surface area (Å²) in [5, 5.41) is 15.2. The molecule has 1 amide bonds. The van der Waals surface area contributed by atoms with Crippen LogP contribution in [0.25, 0.3) is 11.3 Å². The molecule has 20 heavy (non-hydrogen) atoms. The molecule has 1 heterocycles. The van der Waals surface area contributed by atoms with Crippen molar-refractivity contribution in [1.29, 1.82) is 0 Å². The van der Waals surface area contributed by atoms with Gasteiger partial charge in [0, 0.05) is 16.7 Å². The van der Waals surface area contributed by atoms with Gasteiger partial charge in [-0.3, -0.25) is 9.59 Å². The summed E-state index contributed by atoms with van der Waals surface area (Å²) in [5.74, 6) is -1.33. The minimum absolute atomic E-state index is 0.0167. The molecule has 0 saturated carbocycles. The van der Waals surface area contributed by atoms with Gasteiger partial charge in [0.1, 0.15) is 6.04 Å². The fourth-order valence-corrected chi connectivity index (χ4v) is 1.59. The van der Waals surface area contributed by atoms with Gasteiger partial charge in [-0.2, -0.15) is 0 Å². The molecular weight excluding hydrogens is 284 g/mol. The first kappa shape index (κ1) is 14.1. The molecule has 1 aromatic heterocycles. The molecule has 104 valence electrons. The number of amides is 1.